The Hall–Kier alpha value is -4.11. The van der Waals surface area contributed by atoms with E-state index in [4.69, 9.17) is 9.47 Å². The molecule has 0 atom stereocenters. The summed E-state index contributed by atoms with van der Waals surface area (Å²) in [5, 5.41) is 11.5. The fourth-order valence-electron chi connectivity index (χ4n) is 4.24. The van der Waals surface area contributed by atoms with Crippen molar-refractivity contribution >= 4 is 9.84 Å². The van der Waals surface area contributed by atoms with Crippen LogP contribution in [0, 0.1) is 5.92 Å². The van der Waals surface area contributed by atoms with Crippen LogP contribution in [-0.4, -0.2) is 37.3 Å². The highest BCUT2D eigenvalue weighted by molar-refractivity contribution is 7.91. The lowest BCUT2D eigenvalue weighted by atomic mass is 10.1. The predicted molar refractivity (Wildman–Crippen MR) is 145 cm³/mol. The van der Waals surface area contributed by atoms with Crippen LogP contribution in [-0.2, 0) is 16.3 Å². The zero-order valence-corrected chi connectivity index (χ0v) is 22.5. The van der Waals surface area contributed by atoms with Crippen LogP contribution in [0.4, 0.5) is 0 Å². The van der Waals surface area contributed by atoms with Crippen molar-refractivity contribution in [2.75, 3.05) is 14.2 Å². The molecule has 0 bridgehead atoms. The summed E-state index contributed by atoms with van der Waals surface area (Å²) in [5.74, 6) is 0.333. The summed E-state index contributed by atoms with van der Waals surface area (Å²) >= 11 is 0. The van der Waals surface area contributed by atoms with Crippen molar-refractivity contribution in [2.24, 2.45) is 5.92 Å². The molecule has 1 aromatic heterocycles. The molecule has 0 aliphatic carbocycles. The van der Waals surface area contributed by atoms with Crippen molar-refractivity contribution in [1.82, 2.24) is 9.55 Å². The molecule has 0 saturated heterocycles. The number of hydrogen-bond donors (Lipinski definition) is 1. The normalized spacial score (nSPS) is 11.5. The van der Waals surface area contributed by atoms with Crippen LogP contribution in [0.2, 0.25) is 0 Å². The van der Waals surface area contributed by atoms with E-state index in [0.29, 0.717) is 29.9 Å². The molecule has 0 aliphatic heterocycles. The lowest BCUT2D eigenvalue weighted by Crippen LogP contribution is -2.25. The summed E-state index contributed by atoms with van der Waals surface area (Å²) in [6.07, 6.45) is 0.958. The smallest absolute Gasteiger partial charge is 0.296 e. The SMILES string of the molecule is COc1cccc(OC)c1-n1c(CCC(C)C)nc(=O)c(S(=O)(=O)c2cccc(-c3ccccc3)c2)c1O. The minimum Gasteiger partial charge on any atom is -0.494 e. The van der Waals surface area contributed by atoms with Gasteiger partial charge in [-0.25, -0.2) is 8.42 Å². The van der Waals surface area contributed by atoms with E-state index in [1.165, 1.54) is 30.9 Å². The molecular weight excluding hydrogens is 504 g/mol. The van der Waals surface area contributed by atoms with Gasteiger partial charge in [-0.05, 0) is 47.7 Å². The number of aromatic hydroxyl groups is 1. The van der Waals surface area contributed by atoms with E-state index in [0.717, 1.165) is 5.56 Å². The van der Waals surface area contributed by atoms with Crippen molar-refractivity contribution < 1.29 is 23.0 Å². The number of sulfone groups is 1. The van der Waals surface area contributed by atoms with E-state index in [2.05, 4.69) is 4.98 Å². The summed E-state index contributed by atoms with van der Waals surface area (Å²) in [7, 11) is -1.58. The maximum atomic E-state index is 13.9. The van der Waals surface area contributed by atoms with Crippen LogP contribution in [0.15, 0.2) is 87.4 Å². The number of nitrogens with zero attached hydrogens (tertiary/aromatic N) is 2. The Labute approximate surface area is 222 Å². The highest BCUT2D eigenvalue weighted by Gasteiger charge is 2.32. The van der Waals surface area contributed by atoms with Gasteiger partial charge in [0.05, 0.1) is 19.1 Å². The zero-order chi connectivity index (χ0) is 27.4. The van der Waals surface area contributed by atoms with Gasteiger partial charge in [-0.15, -0.1) is 0 Å². The van der Waals surface area contributed by atoms with E-state index in [1.807, 2.05) is 44.2 Å². The maximum absolute atomic E-state index is 13.9. The second-order valence-electron chi connectivity index (χ2n) is 9.16. The summed E-state index contributed by atoms with van der Waals surface area (Å²) in [4.78, 5) is 16.5. The molecule has 0 amide bonds. The van der Waals surface area contributed by atoms with Crippen molar-refractivity contribution in [1.29, 1.82) is 0 Å². The molecular formula is C29H30N2O6S. The fraction of sp³-hybridized carbons (Fsp3) is 0.241. The molecule has 4 rings (SSSR count). The second-order valence-corrected chi connectivity index (χ2v) is 11.0. The molecule has 0 fully saturated rings. The largest absolute Gasteiger partial charge is 0.494 e. The zero-order valence-electron chi connectivity index (χ0n) is 21.7. The Kier molecular flexibility index (Phi) is 7.87. The second kappa shape index (κ2) is 11.1. The molecule has 38 heavy (non-hydrogen) atoms. The predicted octanol–water partition coefficient (Wildman–Crippen LogP) is 5.04. The number of rotatable bonds is 9. The number of methoxy groups -OCH3 is 2. The van der Waals surface area contributed by atoms with Crippen LogP contribution in [0.3, 0.4) is 0 Å². The molecule has 4 aromatic rings. The third kappa shape index (κ3) is 5.15. The van der Waals surface area contributed by atoms with Gasteiger partial charge >= 0.3 is 0 Å². The van der Waals surface area contributed by atoms with Crippen LogP contribution in [0.25, 0.3) is 16.8 Å². The van der Waals surface area contributed by atoms with Crippen LogP contribution < -0.4 is 15.0 Å². The van der Waals surface area contributed by atoms with Crippen molar-refractivity contribution in [2.45, 2.75) is 36.5 Å². The van der Waals surface area contributed by atoms with Crippen LogP contribution in [0.1, 0.15) is 26.1 Å². The average Bonchev–Trinajstić information content (AvgIpc) is 2.92. The summed E-state index contributed by atoms with van der Waals surface area (Å²) in [5.41, 5.74) is 0.679. The maximum Gasteiger partial charge on any atom is 0.296 e. The Bertz CT molecular complexity index is 1590. The number of ether oxygens (including phenoxy) is 2. The first-order valence-corrected chi connectivity index (χ1v) is 13.6. The lowest BCUT2D eigenvalue weighted by Gasteiger charge is -2.21. The summed E-state index contributed by atoms with van der Waals surface area (Å²) in [6, 6.07) is 20.5. The molecule has 3 aromatic carbocycles. The molecule has 0 spiro atoms. The minimum atomic E-state index is -4.48. The van der Waals surface area contributed by atoms with Gasteiger partial charge in [0.25, 0.3) is 5.56 Å². The first-order chi connectivity index (χ1) is 18.2. The molecule has 8 nitrogen and oxygen atoms in total. The molecule has 0 unspecified atom stereocenters. The van der Waals surface area contributed by atoms with Gasteiger partial charge in [-0.2, -0.15) is 4.98 Å². The van der Waals surface area contributed by atoms with Gasteiger partial charge in [-0.3, -0.25) is 9.36 Å². The van der Waals surface area contributed by atoms with Crippen molar-refractivity contribution in [3.05, 3.63) is 89.0 Å². The standard InChI is InChI=1S/C29H30N2O6S/c1-19(2)16-17-25-30-28(32)27(29(33)31(25)26-23(36-3)14-9-15-24(26)37-4)38(34,35)22-13-8-12-21(18-22)20-10-6-5-7-11-20/h5-15,18-19,33H,16-17H2,1-4H3. The first kappa shape index (κ1) is 26.9. The molecule has 0 radical (unpaired) electrons. The summed E-state index contributed by atoms with van der Waals surface area (Å²) in [6.45, 7) is 4.04. The lowest BCUT2D eigenvalue weighted by molar-refractivity contribution is 0.373. The van der Waals surface area contributed by atoms with Crippen LogP contribution in [0.5, 0.6) is 17.4 Å². The van der Waals surface area contributed by atoms with Gasteiger partial charge in [-0.1, -0.05) is 62.4 Å². The quantitative estimate of drug-likeness (QED) is 0.320. The number of aryl methyl sites for hydroxylation is 1. The van der Waals surface area contributed by atoms with Gasteiger partial charge < -0.3 is 14.6 Å². The molecule has 0 saturated carbocycles. The average molecular weight is 535 g/mol. The molecule has 1 heterocycles. The number of para-hydroxylation sites is 1. The van der Waals surface area contributed by atoms with E-state index in [1.54, 1.807) is 30.3 Å². The Morgan fingerprint density at radius 1 is 0.895 bits per heavy atom. The van der Waals surface area contributed by atoms with Crippen LogP contribution >= 0.6 is 0 Å². The van der Waals surface area contributed by atoms with Gasteiger partial charge in [0, 0.05) is 6.42 Å². The van der Waals surface area contributed by atoms with E-state index in [-0.39, 0.29) is 22.3 Å². The van der Waals surface area contributed by atoms with Gasteiger partial charge in [0.1, 0.15) is 23.0 Å². The Balaban J connectivity index is 1.99. The number of aromatic nitrogens is 2. The minimum absolute atomic E-state index is 0.137. The van der Waals surface area contributed by atoms with E-state index < -0.39 is 26.2 Å². The molecule has 198 valence electrons. The summed E-state index contributed by atoms with van der Waals surface area (Å²) < 4.78 is 40.0. The number of hydrogen-bond acceptors (Lipinski definition) is 7. The van der Waals surface area contributed by atoms with Crippen molar-refractivity contribution in [3.63, 3.8) is 0 Å². The number of benzene rings is 3. The first-order valence-electron chi connectivity index (χ1n) is 12.2. The van der Waals surface area contributed by atoms with Crippen molar-refractivity contribution in [3.8, 4) is 34.2 Å². The topological polar surface area (TPSA) is 108 Å². The Morgan fingerprint density at radius 3 is 2.11 bits per heavy atom. The highest BCUT2D eigenvalue weighted by atomic mass is 32.2. The third-order valence-corrected chi connectivity index (χ3v) is 7.96. The van der Waals surface area contributed by atoms with Gasteiger partial charge in [0.2, 0.25) is 15.7 Å². The monoisotopic (exact) mass is 534 g/mol. The molecule has 0 aliphatic rings. The molecule has 1 N–H and O–H groups in total. The highest BCUT2D eigenvalue weighted by Crippen LogP contribution is 2.38. The third-order valence-electron chi connectivity index (χ3n) is 6.19. The van der Waals surface area contributed by atoms with Gasteiger partial charge in [0.15, 0.2) is 4.90 Å². The Morgan fingerprint density at radius 2 is 1.50 bits per heavy atom. The fourth-order valence-corrected chi connectivity index (χ4v) is 5.62. The van der Waals surface area contributed by atoms with E-state index in [9.17, 15) is 18.3 Å². The molecule has 9 heteroatoms. The van der Waals surface area contributed by atoms with E-state index >= 15 is 0 Å².